The first-order chi connectivity index (χ1) is 7.15. The Balaban J connectivity index is 1.98. The third kappa shape index (κ3) is 2.53. The molecule has 5 heteroatoms. The van der Waals surface area contributed by atoms with Crippen LogP contribution in [0.25, 0.3) is 0 Å². The van der Waals surface area contributed by atoms with Crippen LogP contribution in [-0.4, -0.2) is 21.9 Å². The van der Waals surface area contributed by atoms with Gasteiger partial charge in [-0.3, -0.25) is 4.99 Å². The maximum Gasteiger partial charge on any atom is 0.216 e. The van der Waals surface area contributed by atoms with E-state index in [1.807, 2.05) is 13.8 Å². The molecule has 2 heterocycles. The van der Waals surface area contributed by atoms with Gasteiger partial charge >= 0.3 is 0 Å². The molecular weight excluding hydrogens is 210 g/mol. The van der Waals surface area contributed by atoms with E-state index in [0.29, 0.717) is 6.04 Å². The SMILES string of the molecule is Cc1cnc(C(C)NC2=NC(C)CS2)o1. The Morgan fingerprint density at radius 1 is 1.67 bits per heavy atom. The number of hydrogen-bond acceptors (Lipinski definition) is 5. The Kier molecular flexibility index (Phi) is 3.00. The molecule has 2 rings (SSSR count). The molecule has 1 aliphatic rings. The van der Waals surface area contributed by atoms with E-state index < -0.39 is 0 Å². The van der Waals surface area contributed by atoms with Crippen molar-refractivity contribution in [3.8, 4) is 0 Å². The number of oxazole rings is 1. The van der Waals surface area contributed by atoms with Gasteiger partial charge in [-0.25, -0.2) is 4.98 Å². The lowest BCUT2D eigenvalue weighted by molar-refractivity contribution is 0.430. The average Bonchev–Trinajstić information content (AvgIpc) is 2.75. The normalized spacial score (nSPS) is 22.6. The van der Waals surface area contributed by atoms with E-state index in [1.165, 1.54) is 0 Å². The quantitative estimate of drug-likeness (QED) is 0.837. The Hall–Kier alpha value is -0.970. The summed E-state index contributed by atoms with van der Waals surface area (Å²) in [5.41, 5.74) is 0. The third-order valence-corrected chi connectivity index (χ3v) is 3.29. The van der Waals surface area contributed by atoms with Crippen LogP contribution in [0, 0.1) is 6.92 Å². The van der Waals surface area contributed by atoms with Gasteiger partial charge < -0.3 is 9.73 Å². The number of rotatable bonds is 2. The molecule has 1 aliphatic heterocycles. The molecular formula is C10H15N3OS. The van der Waals surface area contributed by atoms with Crippen LogP contribution in [0.2, 0.25) is 0 Å². The minimum absolute atomic E-state index is 0.0789. The van der Waals surface area contributed by atoms with Gasteiger partial charge in [0.2, 0.25) is 5.89 Å². The second kappa shape index (κ2) is 4.26. The molecule has 0 aromatic carbocycles. The fraction of sp³-hybridized carbons (Fsp3) is 0.600. The monoisotopic (exact) mass is 225 g/mol. The van der Waals surface area contributed by atoms with Crippen LogP contribution in [0.4, 0.5) is 0 Å². The van der Waals surface area contributed by atoms with Crippen molar-refractivity contribution in [3.05, 3.63) is 17.8 Å². The number of nitrogens with zero attached hydrogens (tertiary/aromatic N) is 2. The molecule has 0 bridgehead atoms. The smallest absolute Gasteiger partial charge is 0.216 e. The zero-order chi connectivity index (χ0) is 10.8. The van der Waals surface area contributed by atoms with Gasteiger partial charge in [0, 0.05) is 5.75 Å². The highest BCUT2D eigenvalue weighted by Gasteiger charge is 2.18. The summed E-state index contributed by atoms with van der Waals surface area (Å²) >= 11 is 1.75. The maximum absolute atomic E-state index is 5.44. The van der Waals surface area contributed by atoms with Crippen molar-refractivity contribution in [3.63, 3.8) is 0 Å². The number of amidine groups is 1. The zero-order valence-corrected chi connectivity index (χ0v) is 9.97. The van der Waals surface area contributed by atoms with Crippen molar-refractivity contribution in [2.24, 2.45) is 4.99 Å². The van der Waals surface area contributed by atoms with Crippen LogP contribution in [0.5, 0.6) is 0 Å². The lowest BCUT2D eigenvalue weighted by Crippen LogP contribution is -2.23. The predicted octanol–water partition coefficient (Wildman–Crippen LogP) is 2.12. The van der Waals surface area contributed by atoms with Gasteiger partial charge in [0.25, 0.3) is 0 Å². The van der Waals surface area contributed by atoms with Gasteiger partial charge in [-0.1, -0.05) is 11.8 Å². The van der Waals surface area contributed by atoms with Crippen molar-refractivity contribution in [1.29, 1.82) is 0 Å². The van der Waals surface area contributed by atoms with Gasteiger partial charge in [0.05, 0.1) is 12.2 Å². The van der Waals surface area contributed by atoms with E-state index >= 15 is 0 Å². The van der Waals surface area contributed by atoms with Crippen molar-refractivity contribution >= 4 is 16.9 Å². The van der Waals surface area contributed by atoms with Crippen LogP contribution in [0.3, 0.4) is 0 Å². The first-order valence-electron chi connectivity index (χ1n) is 5.04. The first-order valence-corrected chi connectivity index (χ1v) is 6.03. The summed E-state index contributed by atoms with van der Waals surface area (Å²) in [6, 6.07) is 0.492. The molecule has 0 saturated heterocycles. The summed E-state index contributed by atoms with van der Waals surface area (Å²) < 4.78 is 5.44. The van der Waals surface area contributed by atoms with Crippen molar-refractivity contribution in [1.82, 2.24) is 10.3 Å². The van der Waals surface area contributed by atoms with E-state index in [2.05, 4.69) is 22.2 Å². The molecule has 2 atom stereocenters. The van der Waals surface area contributed by atoms with Crippen LogP contribution in [0.1, 0.15) is 31.5 Å². The molecule has 15 heavy (non-hydrogen) atoms. The van der Waals surface area contributed by atoms with Crippen LogP contribution < -0.4 is 5.32 Å². The molecule has 1 N–H and O–H groups in total. The van der Waals surface area contributed by atoms with Crippen LogP contribution >= 0.6 is 11.8 Å². The van der Waals surface area contributed by atoms with Gasteiger partial charge in [-0.05, 0) is 20.8 Å². The fourth-order valence-electron chi connectivity index (χ4n) is 1.37. The predicted molar refractivity (Wildman–Crippen MR) is 62.1 cm³/mol. The number of aromatic nitrogens is 1. The van der Waals surface area contributed by atoms with Crippen molar-refractivity contribution < 1.29 is 4.42 Å². The molecule has 0 radical (unpaired) electrons. The number of hydrogen-bond donors (Lipinski definition) is 1. The molecule has 1 aromatic rings. The first kappa shape index (κ1) is 10.5. The fourth-order valence-corrected chi connectivity index (χ4v) is 2.36. The van der Waals surface area contributed by atoms with Gasteiger partial charge in [-0.15, -0.1) is 0 Å². The second-order valence-corrected chi connectivity index (χ2v) is 4.78. The minimum Gasteiger partial charge on any atom is -0.444 e. The summed E-state index contributed by atoms with van der Waals surface area (Å²) in [7, 11) is 0. The number of aliphatic imine (C=N–C) groups is 1. The van der Waals surface area contributed by atoms with E-state index in [4.69, 9.17) is 4.42 Å². The highest BCUT2D eigenvalue weighted by molar-refractivity contribution is 8.14. The highest BCUT2D eigenvalue weighted by atomic mass is 32.2. The lowest BCUT2D eigenvalue weighted by atomic mass is 10.3. The largest absolute Gasteiger partial charge is 0.444 e. The molecule has 1 aromatic heterocycles. The van der Waals surface area contributed by atoms with Crippen LogP contribution in [-0.2, 0) is 0 Å². The summed E-state index contributed by atoms with van der Waals surface area (Å²) in [5.74, 6) is 2.61. The Labute approximate surface area is 93.6 Å². The minimum atomic E-state index is 0.0789. The maximum atomic E-state index is 5.44. The topological polar surface area (TPSA) is 50.4 Å². The lowest BCUT2D eigenvalue weighted by Gasteiger charge is -2.10. The van der Waals surface area contributed by atoms with E-state index in [-0.39, 0.29) is 6.04 Å². The summed E-state index contributed by atoms with van der Waals surface area (Å²) in [5, 5.41) is 4.29. The van der Waals surface area contributed by atoms with Crippen molar-refractivity contribution in [2.45, 2.75) is 32.9 Å². The average molecular weight is 225 g/mol. The highest BCUT2D eigenvalue weighted by Crippen LogP contribution is 2.19. The third-order valence-electron chi connectivity index (χ3n) is 2.15. The number of aryl methyl sites for hydroxylation is 1. The number of thioether (sulfide) groups is 1. The molecule has 0 fully saturated rings. The Morgan fingerprint density at radius 3 is 3.00 bits per heavy atom. The van der Waals surface area contributed by atoms with Crippen molar-refractivity contribution in [2.75, 3.05) is 5.75 Å². The van der Waals surface area contributed by atoms with E-state index in [1.54, 1.807) is 18.0 Å². The molecule has 0 aliphatic carbocycles. The molecule has 2 unspecified atom stereocenters. The molecule has 82 valence electrons. The van der Waals surface area contributed by atoms with E-state index in [9.17, 15) is 0 Å². The van der Waals surface area contributed by atoms with E-state index in [0.717, 1.165) is 22.6 Å². The summed E-state index contributed by atoms with van der Waals surface area (Å²) in [6.45, 7) is 6.03. The Bertz CT molecular complexity index is 374. The van der Waals surface area contributed by atoms with Gasteiger partial charge in [0.15, 0.2) is 5.17 Å². The number of nitrogens with one attached hydrogen (secondary N) is 1. The molecule has 0 amide bonds. The standard InChI is InChI=1S/C10H15N3OS/c1-6-5-15-10(12-6)13-8(3)9-11-4-7(2)14-9/h4,6,8H,5H2,1-3H3,(H,12,13). The summed E-state index contributed by atoms with van der Waals surface area (Å²) in [6.07, 6.45) is 1.74. The Morgan fingerprint density at radius 2 is 2.47 bits per heavy atom. The second-order valence-electron chi connectivity index (χ2n) is 3.77. The van der Waals surface area contributed by atoms with Gasteiger partial charge in [-0.2, -0.15) is 0 Å². The van der Waals surface area contributed by atoms with Gasteiger partial charge in [0.1, 0.15) is 11.8 Å². The molecule has 4 nitrogen and oxygen atoms in total. The molecule has 0 saturated carbocycles. The van der Waals surface area contributed by atoms with Crippen LogP contribution in [0.15, 0.2) is 15.6 Å². The summed E-state index contributed by atoms with van der Waals surface area (Å²) in [4.78, 5) is 8.64. The molecule has 0 spiro atoms. The zero-order valence-electron chi connectivity index (χ0n) is 9.15.